The molecule has 9 heteroatoms. The highest BCUT2D eigenvalue weighted by molar-refractivity contribution is 6.35. The number of carbonyl (C=O) groups excluding carboxylic acids is 3. The van der Waals surface area contributed by atoms with Crippen LogP contribution in [-0.2, 0) is 9.59 Å². The predicted octanol–water partition coefficient (Wildman–Crippen LogP) is 3.50. The van der Waals surface area contributed by atoms with E-state index in [-0.39, 0.29) is 25.0 Å². The minimum absolute atomic E-state index is 0.128. The van der Waals surface area contributed by atoms with Gasteiger partial charge >= 0.3 is 0 Å². The van der Waals surface area contributed by atoms with Crippen LogP contribution in [0.25, 0.3) is 0 Å². The van der Waals surface area contributed by atoms with Crippen LogP contribution in [0.4, 0.5) is 11.4 Å². The van der Waals surface area contributed by atoms with E-state index in [2.05, 4.69) is 10.6 Å². The Hall–Kier alpha value is -2.77. The van der Waals surface area contributed by atoms with Crippen molar-refractivity contribution in [2.45, 2.75) is 13.3 Å². The molecule has 1 aliphatic heterocycles. The monoisotopic (exact) mass is 435 g/mol. The Morgan fingerprint density at radius 3 is 2.55 bits per heavy atom. The molecule has 0 aliphatic carbocycles. The minimum Gasteiger partial charge on any atom is -0.482 e. The van der Waals surface area contributed by atoms with Crippen LogP contribution in [0.2, 0.25) is 10.0 Å². The van der Waals surface area contributed by atoms with Gasteiger partial charge in [-0.15, -0.1) is 0 Å². The average Bonchev–Trinajstić information content (AvgIpc) is 2.68. The average molecular weight is 436 g/mol. The summed E-state index contributed by atoms with van der Waals surface area (Å²) in [5, 5.41) is 6.16. The van der Waals surface area contributed by atoms with Crippen LogP contribution in [0.3, 0.4) is 0 Å². The third-order valence-electron chi connectivity index (χ3n) is 4.16. The molecular formula is C20H19Cl2N3O4. The van der Waals surface area contributed by atoms with Crippen molar-refractivity contribution in [1.82, 2.24) is 5.32 Å². The summed E-state index contributed by atoms with van der Waals surface area (Å²) in [6, 6.07) is 9.40. The maximum atomic E-state index is 12.5. The van der Waals surface area contributed by atoms with E-state index in [9.17, 15) is 14.4 Å². The molecule has 7 nitrogen and oxygen atoms in total. The molecule has 0 bridgehead atoms. The van der Waals surface area contributed by atoms with E-state index in [0.717, 1.165) is 6.42 Å². The highest BCUT2D eigenvalue weighted by Gasteiger charge is 2.27. The van der Waals surface area contributed by atoms with Gasteiger partial charge in [0.2, 0.25) is 5.91 Å². The molecule has 152 valence electrons. The van der Waals surface area contributed by atoms with Crippen LogP contribution in [0.15, 0.2) is 36.4 Å². The zero-order valence-corrected chi connectivity index (χ0v) is 17.1. The number of amides is 3. The van der Waals surface area contributed by atoms with Gasteiger partial charge in [0.15, 0.2) is 6.61 Å². The Morgan fingerprint density at radius 2 is 1.86 bits per heavy atom. The fraction of sp³-hybridized carbons (Fsp3) is 0.250. The zero-order valence-electron chi connectivity index (χ0n) is 15.6. The van der Waals surface area contributed by atoms with Crippen LogP contribution in [0.1, 0.15) is 23.7 Å². The van der Waals surface area contributed by atoms with Gasteiger partial charge in [0.05, 0.1) is 5.69 Å². The molecule has 1 heterocycles. The Morgan fingerprint density at radius 1 is 1.14 bits per heavy atom. The summed E-state index contributed by atoms with van der Waals surface area (Å²) in [6.45, 7) is 2.19. The molecule has 0 atom stereocenters. The number of fused-ring (bicyclic) bond motifs is 1. The lowest BCUT2D eigenvalue weighted by Gasteiger charge is -2.29. The molecule has 0 saturated heterocycles. The molecule has 0 spiro atoms. The second-order valence-electron chi connectivity index (χ2n) is 6.41. The SMILES string of the molecule is CCCNC(=O)CN1C(=O)COc2ccc(NC(=O)c3cc(Cl)cc(Cl)c3)cc21. The quantitative estimate of drug-likeness (QED) is 0.726. The zero-order chi connectivity index (χ0) is 21.0. The number of carbonyl (C=O) groups is 3. The van der Waals surface area contributed by atoms with Crippen molar-refractivity contribution < 1.29 is 19.1 Å². The number of anilines is 2. The molecule has 0 aromatic heterocycles. The number of halogens is 2. The first kappa shape index (κ1) is 21.0. The summed E-state index contributed by atoms with van der Waals surface area (Å²) >= 11 is 11.9. The second kappa shape index (κ2) is 9.15. The highest BCUT2D eigenvalue weighted by Crippen LogP contribution is 2.34. The lowest BCUT2D eigenvalue weighted by Crippen LogP contribution is -2.45. The number of rotatable bonds is 6. The van der Waals surface area contributed by atoms with Gasteiger partial charge in [0, 0.05) is 27.8 Å². The predicted molar refractivity (Wildman–Crippen MR) is 112 cm³/mol. The van der Waals surface area contributed by atoms with Crippen molar-refractivity contribution >= 4 is 52.3 Å². The van der Waals surface area contributed by atoms with Crippen molar-refractivity contribution in [1.29, 1.82) is 0 Å². The number of hydrogen-bond acceptors (Lipinski definition) is 4. The van der Waals surface area contributed by atoms with Gasteiger partial charge in [-0.3, -0.25) is 19.3 Å². The Balaban J connectivity index is 1.81. The summed E-state index contributed by atoms with van der Waals surface area (Å²) in [4.78, 5) is 38.3. The molecule has 29 heavy (non-hydrogen) atoms. The smallest absolute Gasteiger partial charge is 0.265 e. The third-order valence-corrected chi connectivity index (χ3v) is 4.59. The molecule has 3 amide bonds. The number of nitrogens with one attached hydrogen (secondary N) is 2. The standard InChI is InChI=1S/C20H19Cl2N3O4/c1-2-5-23-18(26)10-25-16-9-15(3-4-17(16)29-11-19(25)27)24-20(28)12-6-13(21)8-14(22)7-12/h3-4,6-9H,2,5,10-11H2,1H3,(H,23,26)(H,24,28). The maximum absolute atomic E-state index is 12.5. The summed E-state index contributed by atoms with van der Waals surface area (Å²) in [5.41, 5.74) is 1.14. The van der Waals surface area contributed by atoms with E-state index in [1.54, 1.807) is 18.2 Å². The Kier molecular flexibility index (Phi) is 6.61. The van der Waals surface area contributed by atoms with Crippen molar-refractivity contribution in [3.05, 3.63) is 52.0 Å². The lowest BCUT2D eigenvalue weighted by atomic mass is 10.1. The van der Waals surface area contributed by atoms with E-state index >= 15 is 0 Å². The molecule has 2 aromatic rings. The van der Waals surface area contributed by atoms with Crippen molar-refractivity contribution in [2.24, 2.45) is 0 Å². The van der Waals surface area contributed by atoms with Crippen molar-refractivity contribution in [2.75, 3.05) is 29.9 Å². The number of ether oxygens (including phenoxy) is 1. The van der Waals surface area contributed by atoms with Crippen LogP contribution in [0, 0.1) is 0 Å². The molecule has 2 N–H and O–H groups in total. The molecule has 0 unspecified atom stereocenters. The van der Waals surface area contributed by atoms with Crippen molar-refractivity contribution in [3.63, 3.8) is 0 Å². The molecule has 1 aliphatic rings. The molecular weight excluding hydrogens is 417 g/mol. The third kappa shape index (κ3) is 5.19. The minimum atomic E-state index is -0.412. The van der Waals surface area contributed by atoms with Crippen molar-refractivity contribution in [3.8, 4) is 5.75 Å². The first-order chi connectivity index (χ1) is 13.9. The first-order valence-corrected chi connectivity index (χ1v) is 9.74. The van der Waals surface area contributed by atoms with E-state index < -0.39 is 5.91 Å². The lowest BCUT2D eigenvalue weighted by molar-refractivity contribution is -0.125. The summed E-state index contributed by atoms with van der Waals surface area (Å²) in [7, 11) is 0. The van der Waals surface area contributed by atoms with Gasteiger partial charge in [-0.25, -0.2) is 0 Å². The van der Waals surface area contributed by atoms with E-state index in [1.807, 2.05) is 6.92 Å². The van der Waals surface area contributed by atoms with Gasteiger partial charge < -0.3 is 15.4 Å². The largest absolute Gasteiger partial charge is 0.482 e. The first-order valence-electron chi connectivity index (χ1n) is 8.98. The van der Waals surface area contributed by atoms with Crippen LogP contribution >= 0.6 is 23.2 Å². The molecule has 0 fully saturated rings. The summed E-state index contributed by atoms with van der Waals surface area (Å²) < 4.78 is 5.43. The molecule has 0 radical (unpaired) electrons. The van der Waals surface area contributed by atoms with Gasteiger partial charge in [0.25, 0.3) is 11.8 Å². The molecule has 0 saturated carbocycles. The summed E-state index contributed by atoms with van der Waals surface area (Å²) in [6.07, 6.45) is 0.795. The van der Waals surface area contributed by atoms with Crippen LogP contribution in [-0.4, -0.2) is 37.4 Å². The number of hydrogen-bond donors (Lipinski definition) is 2. The Labute approximate surface area is 177 Å². The fourth-order valence-corrected chi connectivity index (χ4v) is 3.33. The second-order valence-corrected chi connectivity index (χ2v) is 7.29. The Bertz CT molecular complexity index is 944. The van der Waals surface area contributed by atoms with E-state index in [4.69, 9.17) is 27.9 Å². The molecule has 3 rings (SSSR count). The van der Waals surface area contributed by atoms with E-state index in [0.29, 0.717) is 39.3 Å². The van der Waals surface area contributed by atoms with Gasteiger partial charge in [-0.2, -0.15) is 0 Å². The van der Waals surface area contributed by atoms with Gasteiger partial charge in [0.1, 0.15) is 12.3 Å². The van der Waals surface area contributed by atoms with E-state index in [1.165, 1.54) is 23.1 Å². The van der Waals surface area contributed by atoms with Crippen LogP contribution in [0.5, 0.6) is 5.75 Å². The molecule has 2 aromatic carbocycles. The van der Waals surface area contributed by atoms with Gasteiger partial charge in [-0.1, -0.05) is 30.1 Å². The summed E-state index contributed by atoms with van der Waals surface area (Å²) in [5.74, 6) is -0.563. The fourth-order valence-electron chi connectivity index (χ4n) is 2.81. The maximum Gasteiger partial charge on any atom is 0.265 e. The normalized spacial score (nSPS) is 12.8. The van der Waals surface area contributed by atoms with Gasteiger partial charge in [-0.05, 0) is 42.8 Å². The number of benzene rings is 2. The number of nitrogens with zero attached hydrogens (tertiary/aromatic N) is 1. The van der Waals surface area contributed by atoms with Crippen LogP contribution < -0.4 is 20.3 Å². The highest BCUT2D eigenvalue weighted by atomic mass is 35.5. The topological polar surface area (TPSA) is 87.7 Å².